The molecule has 0 atom stereocenters. The van der Waals surface area contributed by atoms with E-state index in [0.717, 1.165) is 44.0 Å². The quantitative estimate of drug-likeness (QED) is 0.818. The van der Waals surface area contributed by atoms with E-state index in [2.05, 4.69) is 56.6 Å². The van der Waals surface area contributed by atoms with Crippen LogP contribution in [0.3, 0.4) is 0 Å². The van der Waals surface area contributed by atoms with Gasteiger partial charge in [0, 0.05) is 36.6 Å². The third kappa shape index (κ3) is 4.33. The van der Waals surface area contributed by atoms with Gasteiger partial charge in [-0.2, -0.15) is 0 Å². The van der Waals surface area contributed by atoms with Gasteiger partial charge in [0.25, 0.3) is 5.91 Å². The number of carbonyl (C=O) groups excluding carboxylic acids is 1. The number of aromatic nitrogens is 1. The van der Waals surface area contributed by atoms with Crippen molar-refractivity contribution in [3.63, 3.8) is 0 Å². The number of thiazole rings is 1. The molecule has 1 saturated heterocycles. The standard InChI is InChI=1S/C21H29N3OS/c1-15-16(2)26-19(22-15)14-23-10-12-24(13-11-23)20(25)17-6-8-18(9-7-17)21(3,4)5/h6-9H,10-14H2,1-5H3. The van der Waals surface area contributed by atoms with Gasteiger partial charge in [0.2, 0.25) is 0 Å². The van der Waals surface area contributed by atoms with Crippen molar-refractivity contribution in [2.75, 3.05) is 26.2 Å². The molecular weight excluding hydrogens is 342 g/mol. The fraction of sp³-hybridized carbons (Fsp3) is 0.524. The third-order valence-electron chi connectivity index (χ3n) is 5.09. The molecule has 2 heterocycles. The summed E-state index contributed by atoms with van der Waals surface area (Å²) in [4.78, 5) is 23.1. The Hall–Kier alpha value is -1.72. The molecule has 3 rings (SSSR count). The maximum atomic E-state index is 12.8. The number of rotatable bonds is 3. The molecule has 1 aromatic carbocycles. The Morgan fingerprint density at radius 3 is 2.19 bits per heavy atom. The molecule has 0 saturated carbocycles. The topological polar surface area (TPSA) is 36.4 Å². The molecule has 1 aliphatic heterocycles. The molecular formula is C21H29N3OS. The number of piperazine rings is 1. The molecule has 1 aromatic heterocycles. The molecule has 0 N–H and O–H groups in total. The maximum absolute atomic E-state index is 12.8. The molecule has 1 aliphatic rings. The second-order valence-electron chi connectivity index (χ2n) is 8.14. The lowest BCUT2D eigenvalue weighted by Crippen LogP contribution is -2.48. The van der Waals surface area contributed by atoms with Gasteiger partial charge in [-0.15, -0.1) is 11.3 Å². The van der Waals surface area contributed by atoms with Crippen LogP contribution in [0.25, 0.3) is 0 Å². The zero-order chi connectivity index (χ0) is 18.9. The average molecular weight is 372 g/mol. The highest BCUT2D eigenvalue weighted by Gasteiger charge is 2.23. The predicted molar refractivity (Wildman–Crippen MR) is 108 cm³/mol. The van der Waals surface area contributed by atoms with E-state index in [9.17, 15) is 4.79 Å². The molecule has 0 unspecified atom stereocenters. The smallest absolute Gasteiger partial charge is 0.253 e. The Balaban J connectivity index is 1.56. The maximum Gasteiger partial charge on any atom is 0.253 e. The monoisotopic (exact) mass is 371 g/mol. The van der Waals surface area contributed by atoms with Crippen molar-refractivity contribution < 1.29 is 4.79 Å². The molecule has 0 aliphatic carbocycles. The number of hydrogen-bond acceptors (Lipinski definition) is 4. The van der Waals surface area contributed by atoms with Gasteiger partial charge in [-0.3, -0.25) is 9.69 Å². The van der Waals surface area contributed by atoms with Gasteiger partial charge >= 0.3 is 0 Å². The number of carbonyl (C=O) groups is 1. The van der Waals surface area contributed by atoms with Crippen molar-refractivity contribution in [1.29, 1.82) is 0 Å². The number of benzene rings is 1. The third-order valence-corrected chi connectivity index (χ3v) is 6.15. The normalized spacial score (nSPS) is 16.1. The van der Waals surface area contributed by atoms with E-state index in [1.54, 1.807) is 11.3 Å². The van der Waals surface area contributed by atoms with E-state index >= 15 is 0 Å². The van der Waals surface area contributed by atoms with Crippen LogP contribution < -0.4 is 0 Å². The van der Waals surface area contributed by atoms with E-state index in [4.69, 9.17) is 0 Å². The lowest BCUT2D eigenvalue weighted by molar-refractivity contribution is 0.0628. The first-order valence-electron chi connectivity index (χ1n) is 9.29. The summed E-state index contributed by atoms with van der Waals surface area (Å²) in [5, 5.41) is 1.18. The molecule has 0 bridgehead atoms. The fourth-order valence-electron chi connectivity index (χ4n) is 3.20. The van der Waals surface area contributed by atoms with E-state index in [0.29, 0.717) is 0 Å². The van der Waals surface area contributed by atoms with Gasteiger partial charge in [-0.1, -0.05) is 32.9 Å². The lowest BCUT2D eigenvalue weighted by atomic mass is 9.86. The highest BCUT2D eigenvalue weighted by atomic mass is 32.1. The zero-order valence-corrected chi connectivity index (χ0v) is 17.3. The molecule has 1 fully saturated rings. The molecule has 5 heteroatoms. The van der Waals surface area contributed by atoms with E-state index in [1.165, 1.54) is 15.4 Å². The van der Waals surface area contributed by atoms with Crippen LogP contribution in [0.2, 0.25) is 0 Å². The van der Waals surface area contributed by atoms with Gasteiger partial charge in [0.15, 0.2) is 0 Å². The largest absolute Gasteiger partial charge is 0.336 e. The molecule has 4 nitrogen and oxygen atoms in total. The van der Waals surface area contributed by atoms with Crippen LogP contribution in [0.5, 0.6) is 0 Å². The van der Waals surface area contributed by atoms with Gasteiger partial charge in [-0.25, -0.2) is 4.98 Å². The van der Waals surface area contributed by atoms with Crippen molar-refractivity contribution in [3.05, 3.63) is 51.0 Å². The first-order valence-corrected chi connectivity index (χ1v) is 10.1. The van der Waals surface area contributed by atoms with E-state index < -0.39 is 0 Å². The highest BCUT2D eigenvalue weighted by molar-refractivity contribution is 7.11. The summed E-state index contributed by atoms with van der Waals surface area (Å²) in [5.74, 6) is 0.144. The van der Waals surface area contributed by atoms with Crippen LogP contribution in [0.1, 0.15) is 52.3 Å². The van der Waals surface area contributed by atoms with Gasteiger partial charge in [-0.05, 0) is 37.0 Å². The zero-order valence-electron chi connectivity index (χ0n) is 16.5. The van der Waals surface area contributed by atoms with E-state index in [1.807, 2.05) is 17.0 Å². The summed E-state index contributed by atoms with van der Waals surface area (Å²) in [7, 11) is 0. The summed E-state index contributed by atoms with van der Waals surface area (Å²) < 4.78 is 0. The van der Waals surface area contributed by atoms with Gasteiger partial charge in [0.05, 0.1) is 12.2 Å². The van der Waals surface area contributed by atoms with Crippen LogP contribution in [0.15, 0.2) is 24.3 Å². The second-order valence-corrected chi connectivity index (χ2v) is 9.43. The van der Waals surface area contributed by atoms with Crippen LogP contribution in [-0.4, -0.2) is 46.9 Å². The van der Waals surface area contributed by atoms with Gasteiger partial charge in [0.1, 0.15) is 5.01 Å². The van der Waals surface area contributed by atoms with Crippen LogP contribution in [0, 0.1) is 13.8 Å². The van der Waals surface area contributed by atoms with Crippen LogP contribution in [0.4, 0.5) is 0 Å². The minimum absolute atomic E-state index is 0.111. The SMILES string of the molecule is Cc1nc(CN2CCN(C(=O)c3ccc(C(C)(C)C)cc3)CC2)sc1C. The summed E-state index contributed by atoms with van der Waals surface area (Å²) in [6.07, 6.45) is 0. The Morgan fingerprint density at radius 1 is 1.08 bits per heavy atom. The van der Waals surface area contributed by atoms with Crippen molar-refractivity contribution in [2.45, 2.75) is 46.6 Å². The molecule has 1 amide bonds. The summed E-state index contributed by atoms with van der Waals surface area (Å²) in [6.45, 7) is 15.0. The summed E-state index contributed by atoms with van der Waals surface area (Å²) in [6, 6.07) is 8.10. The molecule has 0 spiro atoms. The lowest BCUT2D eigenvalue weighted by Gasteiger charge is -2.34. The minimum Gasteiger partial charge on any atom is -0.336 e. The number of amides is 1. The minimum atomic E-state index is 0.111. The van der Waals surface area contributed by atoms with Crippen molar-refractivity contribution in [3.8, 4) is 0 Å². The summed E-state index contributed by atoms with van der Waals surface area (Å²) >= 11 is 1.78. The summed E-state index contributed by atoms with van der Waals surface area (Å²) in [5.41, 5.74) is 3.29. The van der Waals surface area contributed by atoms with E-state index in [-0.39, 0.29) is 11.3 Å². The number of nitrogens with zero attached hydrogens (tertiary/aromatic N) is 3. The Bertz CT molecular complexity index is 746. The van der Waals surface area contributed by atoms with Crippen LogP contribution >= 0.6 is 11.3 Å². The van der Waals surface area contributed by atoms with Crippen molar-refractivity contribution >= 4 is 17.2 Å². The predicted octanol–water partition coefficient (Wildman–Crippen LogP) is 4.02. The van der Waals surface area contributed by atoms with Crippen LogP contribution in [-0.2, 0) is 12.0 Å². The second kappa shape index (κ2) is 7.49. The highest BCUT2D eigenvalue weighted by Crippen LogP contribution is 2.23. The molecule has 140 valence electrons. The average Bonchev–Trinajstić information content (AvgIpc) is 2.92. The molecule has 2 aromatic rings. The molecule has 0 radical (unpaired) electrons. The Labute approximate surface area is 160 Å². The van der Waals surface area contributed by atoms with Crippen molar-refractivity contribution in [2.24, 2.45) is 0 Å². The fourth-order valence-corrected chi connectivity index (χ4v) is 4.18. The number of hydrogen-bond donors (Lipinski definition) is 0. The Morgan fingerprint density at radius 2 is 1.69 bits per heavy atom. The van der Waals surface area contributed by atoms with Crippen molar-refractivity contribution in [1.82, 2.24) is 14.8 Å². The van der Waals surface area contributed by atoms with Gasteiger partial charge < -0.3 is 4.90 Å². The number of aryl methyl sites for hydroxylation is 2. The first kappa shape index (κ1) is 19.1. The first-order chi connectivity index (χ1) is 12.2. The molecule has 26 heavy (non-hydrogen) atoms. The Kier molecular flexibility index (Phi) is 5.49.